The number of urea groups is 1. The summed E-state index contributed by atoms with van der Waals surface area (Å²) in [5.74, 6) is -1.19. The van der Waals surface area contributed by atoms with Crippen LogP contribution >= 0.6 is 0 Å². The molecule has 0 radical (unpaired) electrons. The van der Waals surface area contributed by atoms with Crippen molar-refractivity contribution in [1.82, 2.24) is 25.0 Å². The van der Waals surface area contributed by atoms with Crippen LogP contribution in [-0.2, 0) is 23.0 Å². The Labute approximate surface area is 246 Å². The number of hydrogen-bond donors (Lipinski definition) is 2. The molecule has 9 nitrogen and oxygen atoms in total. The van der Waals surface area contributed by atoms with Crippen LogP contribution in [0.2, 0.25) is 0 Å². The summed E-state index contributed by atoms with van der Waals surface area (Å²) in [5, 5.41) is 6.59. The summed E-state index contributed by atoms with van der Waals surface area (Å²) in [6, 6.07) is 15.3. The molecule has 2 aromatic carbocycles. The number of halogens is 1. The Morgan fingerprint density at radius 2 is 1.76 bits per heavy atom. The van der Waals surface area contributed by atoms with E-state index >= 15 is 0 Å². The molecule has 0 bridgehead atoms. The van der Waals surface area contributed by atoms with Gasteiger partial charge in [-0.2, -0.15) is 0 Å². The number of nitrogens with one attached hydrogen (secondary N) is 2. The Balaban J connectivity index is 1.32. The predicted molar refractivity (Wildman–Crippen MR) is 159 cm³/mol. The van der Waals surface area contributed by atoms with E-state index in [1.807, 2.05) is 30.3 Å². The highest BCUT2D eigenvalue weighted by molar-refractivity contribution is 6.05. The summed E-state index contributed by atoms with van der Waals surface area (Å²) in [7, 11) is 1.74. The highest BCUT2D eigenvalue weighted by Crippen LogP contribution is 2.33. The van der Waals surface area contributed by atoms with Gasteiger partial charge in [-0.25, -0.2) is 9.18 Å². The fourth-order valence-corrected chi connectivity index (χ4v) is 6.05. The number of benzene rings is 2. The monoisotopic (exact) mass is 577 g/mol. The van der Waals surface area contributed by atoms with E-state index in [0.29, 0.717) is 42.4 Å². The first-order chi connectivity index (χ1) is 20.4. The molecule has 2 N–H and O–H groups in total. The molecule has 4 amide bonds. The highest BCUT2D eigenvalue weighted by atomic mass is 19.1. The molecule has 1 aliphatic carbocycles. The van der Waals surface area contributed by atoms with Crippen LogP contribution in [0.1, 0.15) is 48.2 Å². The molecule has 0 spiro atoms. The van der Waals surface area contributed by atoms with E-state index in [1.54, 1.807) is 23.7 Å². The lowest BCUT2D eigenvalue weighted by Crippen LogP contribution is -2.61. The topological polar surface area (TPSA) is 95.9 Å². The third kappa shape index (κ3) is 6.82. The van der Waals surface area contributed by atoms with E-state index in [9.17, 15) is 18.8 Å². The minimum absolute atomic E-state index is 0.198. The van der Waals surface area contributed by atoms with Crippen molar-refractivity contribution in [1.29, 1.82) is 0 Å². The molecular formula is C32H40FN5O4. The normalized spacial score (nSPS) is 16.8. The van der Waals surface area contributed by atoms with E-state index < -0.39 is 17.5 Å². The molecule has 224 valence electrons. The van der Waals surface area contributed by atoms with Crippen LogP contribution < -0.4 is 10.6 Å². The number of amides is 4. The lowest BCUT2D eigenvalue weighted by atomic mass is 9.94. The molecule has 2 fully saturated rings. The smallest absolute Gasteiger partial charge is 0.324 e. The summed E-state index contributed by atoms with van der Waals surface area (Å²) >= 11 is 0. The number of ether oxygens (including phenoxy) is 1. The predicted octanol–water partition coefficient (Wildman–Crippen LogP) is 3.86. The average molecular weight is 578 g/mol. The van der Waals surface area contributed by atoms with Crippen LogP contribution in [0.15, 0.2) is 54.6 Å². The number of aromatic nitrogens is 1. The fourth-order valence-electron chi connectivity index (χ4n) is 6.05. The van der Waals surface area contributed by atoms with Crippen molar-refractivity contribution in [2.75, 3.05) is 45.9 Å². The summed E-state index contributed by atoms with van der Waals surface area (Å²) < 4.78 is 20.9. The van der Waals surface area contributed by atoms with Crippen LogP contribution in [-0.4, -0.2) is 83.7 Å². The van der Waals surface area contributed by atoms with Crippen molar-refractivity contribution in [3.8, 4) is 0 Å². The molecule has 2 heterocycles. The highest BCUT2D eigenvalue weighted by Gasteiger charge is 2.46. The standard InChI is InChI=1S/C32H40FN5O4/c1-36-27-11-10-26(33)22-25(27)23-28(36)29(39)35-32(13-5-6-14-32)30(40)38(17-12-24-8-3-2-4-9-24)31(41)34-15-7-16-37-18-20-42-21-19-37/h2-4,8-11,22-23H,5-7,12-21H2,1H3,(H,34,41)(H,35,39). The first-order valence-electron chi connectivity index (χ1n) is 14.9. The van der Waals surface area contributed by atoms with E-state index in [0.717, 1.165) is 57.7 Å². The molecule has 1 saturated carbocycles. The number of carbonyl (C=O) groups excluding carboxylic acids is 3. The van der Waals surface area contributed by atoms with Crippen LogP contribution in [0.4, 0.5) is 9.18 Å². The van der Waals surface area contributed by atoms with Crippen LogP contribution in [0.3, 0.4) is 0 Å². The van der Waals surface area contributed by atoms with Gasteiger partial charge >= 0.3 is 6.03 Å². The molecule has 42 heavy (non-hydrogen) atoms. The third-order valence-electron chi connectivity index (χ3n) is 8.44. The molecule has 1 aromatic heterocycles. The van der Waals surface area contributed by atoms with E-state index in [1.165, 1.54) is 17.0 Å². The number of carbonyl (C=O) groups is 3. The maximum atomic E-state index is 14.3. The van der Waals surface area contributed by atoms with Gasteiger partial charge in [-0.05, 0) is 62.1 Å². The van der Waals surface area contributed by atoms with Crippen molar-refractivity contribution in [2.24, 2.45) is 7.05 Å². The summed E-state index contributed by atoms with van der Waals surface area (Å²) in [6.07, 6.45) is 3.69. The zero-order valence-electron chi connectivity index (χ0n) is 24.2. The van der Waals surface area contributed by atoms with Crippen molar-refractivity contribution >= 4 is 28.7 Å². The molecule has 3 aromatic rings. The maximum absolute atomic E-state index is 14.3. The Morgan fingerprint density at radius 1 is 1.02 bits per heavy atom. The molecule has 1 saturated heterocycles. The molecule has 0 unspecified atom stereocenters. The Bertz CT molecular complexity index is 1400. The van der Waals surface area contributed by atoms with Gasteiger partial charge in [0, 0.05) is 44.1 Å². The largest absolute Gasteiger partial charge is 0.379 e. The lowest BCUT2D eigenvalue weighted by molar-refractivity contribution is -0.134. The van der Waals surface area contributed by atoms with Gasteiger partial charge in [0.05, 0.1) is 13.2 Å². The average Bonchev–Trinajstić information content (AvgIpc) is 3.61. The van der Waals surface area contributed by atoms with Gasteiger partial charge < -0.3 is 19.9 Å². The maximum Gasteiger partial charge on any atom is 0.324 e. The molecule has 1 aliphatic heterocycles. The van der Waals surface area contributed by atoms with Crippen molar-refractivity contribution in [3.63, 3.8) is 0 Å². The molecule has 0 atom stereocenters. The zero-order chi connectivity index (χ0) is 29.5. The number of nitrogens with zero attached hydrogens (tertiary/aromatic N) is 3. The molecular weight excluding hydrogens is 537 g/mol. The van der Waals surface area contributed by atoms with Gasteiger partial charge in [-0.1, -0.05) is 43.2 Å². The second kappa shape index (κ2) is 13.5. The minimum Gasteiger partial charge on any atom is -0.379 e. The van der Waals surface area contributed by atoms with Gasteiger partial charge in [-0.15, -0.1) is 0 Å². The van der Waals surface area contributed by atoms with Gasteiger partial charge in [0.2, 0.25) is 0 Å². The van der Waals surface area contributed by atoms with Gasteiger partial charge in [0.25, 0.3) is 11.8 Å². The molecule has 5 rings (SSSR count). The zero-order valence-corrected chi connectivity index (χ0v) is 24.2. The number of aryl methyl sites for hydroxylation is 1. The van der Waals surface area contributed by atoms with Crippen LogP contribution in [0.5, 0.6) is 0 Å². The number of fused-ring (bicyclic) bond motifs is 1. The Hall–Kier alpha value is -3.76. The van der Waals surface area contributed by atoms with E-state index in [2.05, 4.69) is 15.5 Å². The minimum atomic E-state index is -1.19. The van der Waals surface area contributed by atoms with Crippen molar-refractivity contribution in [2.45, 2.75) is 44.1 Å². The van der Waals surface area contributed by atoms with Crippen molar-refractivity contribution in [3.05, 3.63) is 71.7 Å². The van der Waals surface area contributed by atoms with Gasteiger partial charge in [-0.3, -0.25) is 19.4 Å². The third-order valence-corrected chi connectivity index (χ3v) is 8.44. The Morgan fingerprint density at radius 3 is 2.50 bits per heavy atom. The van der Waals surface area contributed by atoms with E-state index in [4.69, 9.17) is 4.74 Å². The number of imide groups is 1. The fraction of sp³-hybridized carbons (Fsp3) is 0.469. The van der Waals surface area contributed by atoms with Gasteiger partial charge in [0.1, 0.15) is 17.1 Å². The van der Waals surface area contributed by atoms with Crippen LogP contribution in [0, 0.1) is 5.82 Å². The van der Waals surface area contributed by atoms with Gasteiger partial charge in [0.15, 0.2) is 0 Å². The molecule has 10 heteroatoms. The SMILES string of the molecule is Cn1c(C(=O)NC2(C(=O)N(CCc3ccccc3)C(=O)NCCCN3CCOCC3)CCCC2)cc2cc(F)ccc21. The Kier molecular flexibility index (Phi) is 9.54. The summed E-state index contributed by atoms with van der Waals surface area (Å²) in [6.45, 7) is 4.68. The van der Waals surface area contributed by atoms with Crippen molar-refractivity contribution < 1.29 is 23.5 Å². The quantitative estimate of drug-likeness (QED) is 0.357. The summed E-state index contributed by atoms with van der Waals surface area (Å²) in [5.41, 5.74) is 0.871. The lowest BCUT2D eigenvalue weighted by Gasteiger charge is -2.34. The number of rotatable bonds is 10. The summed E-state index contributed by atoms with van der Waals surface area (Å²) in [4.78, 5) is 45.0. The van der Waals surface area contributed by atoms with E-state index in [-0.39, 0.29) is 18.3 Å². The number of morpholine rings is 1. The number of hydrogen-bond acceptors (Lipinski definition) is 5. The second-order valence-corrected chi connectivity index (χ2v) is 11.3. The second-order valence-electron chi connectivity index (χ2n) is 11.3. The molecule has 2 aliphatic rings. The van der Waals surface area contributed by atoms with Crippen LogP contribution in [0.25, 0.3) is 10.9 Å². The first-order valence-corrected chi connectivity index (χ1v) is 14.9. The first kappa shape index (κ1) is 29.7.